The Balaban J connectivity index is 1.63. The van der Waals surface area contributed by atoms with Gasteiger partial charge in [0, 0.05) is 32.4 Å². The van der Waals surface area contributed by atoms with Gasteiger partial charge in [-0.15, -0.1) is 0 Å². The van der Waals surface area contributed by atoms with Gasteiger partial charge in [-0.3, -0.25) is 19.6 Å². The lowest BCUT2D eigenvalue weighted by Gasteiger charge is -2.39. The zero-order valence-electron chi connectivity index (χ0n) is 13.4. The second-order valence-electron chi connectivity index (χ2n) is 5.91. The molecule has 126 valence electrons. The van der Waals surface area contributed by atoms with Crippen LogP contribution >= 0.6 is 0 Å². The average Bonchev–Trinajstić information content (AvgIpc) is 3.14. The maximum Gasteiger partial charge on any atom is 0.271 e. The van der Waals surface area contributed by atoms with Crippen LogP contribution in [0.3, 0.4) is 0 Å². The normalized spacial score (nSPS) is 18.5. The molecule has 1 aromatic carbocycles. The second-order valence-corrected chi connectivity index (χ2v) is 5.91. The number of rotatable bonds is 5. The summed E-state index contributed by atoms with van der Waals surface area (Å²) >= 11 is 0. The third-order valence-corrected chi connectivity index (χ3v) is 4.37. The second kappa shape index (κ2) is 7.27. The number of benzene rings is 1. The third kappa shape index (κ3) is 3.62. The number of nitrogens with one attached hydrogen (secondary N) is 1. The lowest BCUT2D eigenvalue weighted by molar-refractivity contribution is -0.125. The number of nitrogens with two attached hydrogens (primary N) is 1. The molecule has 1 aromatic heterocycles. The Morgan fingerprint density at radius 3 is 2.67 bits per heavy atom. The minimum atomic E-state index is -0.464. The van der Waals surface area contributed by atoms with E-state index in [0.717, 1.165) is 13.0 Å². The highest BCUT2D eigenvalue weighted by Gasteiger charge is 2.33. The van der Waals surface area contributed by atoms with Gasteiger partial charge in [0.2, 0.25) is 5.91 Å². The molecule has 2 aromatic rings. The van der Waals surface area contributed by atoms with Crippen molar-refractivity contribution in [3.63, 3.8) is 0 Å². The summed E-state index contributed by atoms with van der Waals surface area (Å²) in [6.45, 7) is 2.24. The van der Waals surface area contributed by atoms with Gasteiger partial charge in [-0.1, -0.05) is 30.3 Å². The highest BCUT2D eigenvalue weighted by molar-refractivity contribution is 5.93. The number of hydrogen-bond donors (Lipinski definition) is 2. The van der Waals surface area contributed by atoms with E-state index >= 15 is 0 Å². The van der Waals surface area contributed by atoms with E-state index in [2.05, 4.69) is 27.2 Å². The number of hydrogen-bond acceptors (Lipinski definition) is 4. The van der Waals surface area contributed by atoms with Gasteiger partial charge < -0.3 is 10.6 Å². The lowest BCUT2D eigenvalue weighted by Crippen LogP contribution is -2.59. The Morgan fingerprint density at radius 1 is 1.21 bits per heavy atom. The lowest BCUT2D eigenvalue weighted by atomic mass is 10.1. The molecule has 1 saturated heterocycles. The molecule has 0 radical (unpaired) electrons. The van der Waals surface area contributed by atoms with Gasteiger partial charge in [0.1, 0.15) is 11.7 Å². The molecule has 0 bridgehead atoms. The molecule has 1 aliphatic rings. The van der Waals surface area contributed by atoms with E-state index in [4.69, 9.17) is 5.73 Å². The van der Waals surface area contributed by atoms with Crippen molar-refractivity contribution in [1.82, 2.24) is 20.0 Å². The van der Waals surface area contributed by atoms with Gasteiger partial charge in [0.25, 0.3) is 5.91 Å². The van der Waals surface area contributed by atoms with Crippen LogP contribution in [0.15, 0.2) is 42.6 Å². The van der Waals surface area contributed by atoms with Crippen LogP contribution < -0.4 is 5.73 Å². The van der Waals surface area contributed by atoms with E-state index in [1.54, 1.807) is 11.0 Å². The number of primary amides is 1. The first-order valence-electron chi connectivity index (χ1n) is 8.01. The van der Waals surface area contributed by atoms with E-state index in [-0.39, 0.29) is 5.91 Å². The van der Waals surface area contributed by atoms with Crippen molar-refractivity contribution in [3.8, 4) is 0 Å². The molecule has 7 nitrogen and oxygen atoms in total. The van der Waals surface area contributed by atoms with Crippen molar-refractivity contribution in [1.29, 1.82) is 0 Å². The summed E-state index contributed by atoms with van der Waals surface area (Å²) in [4.78, 5) is 28.0. The average molecular weight is 327 g/mol. The zero-order chi connectivity index (χ0) is 16.9. The molecule has 3 N–H and O–H groups in total. The topological polar surface area (TPSA) is 95.3 Å². The Labute approximate surface area is 140 Å². The largest absolute Gasteiger partial charge is 0.368 e. The van der Waals surface area contributed by atoms with E-state index in [1.165, 1.54) is 11.8 Å². The minimum Gasteiger partial charge on any atom is -0.368 e. The molecule has 1 unspecified atom stereocenters. The first-order chi connectivity index (χ1) is 11.6. The molecular weight excluding hydrogens is 306 g/mol. The Kier molecular flexibility index (Phi) is 4.90. The Hall–Kier alpha value is -2.67. The van der Waals surface area contributed by atoms with Crippen LogP contribution in [0.2, 0.25) is 0 Å². The van der Waals surface area contributed by atoms with Crippen LogP contribution in [0.5, 0.6) is 0 Å². The number of H-pyrrole nitrogens is 1. The first kappa shape index (κ1) is 16.2. The fourth-order valence-corrected chi connectivity index (χ4v) is 3.01. The van der Waals surface area contributed by atoms with Crippen molar-refractivity contribution in [2.75, 3.05) is 26.2 Å². The Bertz CT molecular complexity index is 686. The van der Waals surface area contributed by atoms with Crippen LogP contribution in [-0.2, 0) is 11.2 Å². The number of carbonyl (C=O) groups is 2. The molecule has 7 heteroatoms. The summed E-state index contributed by atoms with van der Waals surface area (Å²) in [6.07, 6.45) is 2.38. The molecule has 2 heterocycles. The molecule has 1 atom stereocenters. The number of carbonyl (C=O) groups excluding carboxylic acids is 2. The fourth-order valence-electron chi connectivity index (χ4n) is 3.01. The standard InChI is InChI=1S/C17H21N5O2/c18-16(23)15-12-22(17(24)14-6-8-19-20-14)11-10-21(15)9-7-13-4-2-1-3-5-13/h1-6,8,15H,7,9-12H2,(H2,18,23)(H,19,20). The molecule has 0 aliphatic carbocycles. The molecule has 1 aliphatic heterocycles. The monoisotopic (exact) mass is 327 g/mol. The van der Waals surface area contributed by atoms with E-state index in [1.807, 2.05) is 18.2 Å². The highest BCUT2D eigenvalue weighted by Crippen LogP contribution is 2.13. The third-order valence-electron chi connectivity index (χ3n) is 4.37. The van der Waals surface area contributed by atoms with Crippen molar-refractivity contribution in [2.45, 2.75) is 12.5 Å². The van der Waals surface area contributed by atoms with Crippen molar-refractivity contribution >= 4 is 11.8 Å². The summed E-state index contributed by atoms with van der Waals surface area (Å²) in [6, 6.07) is 11.3. The molecule has 0 spiro atoms. The smallest absolute Gasteiger partial charge is 0.271 e. The molecule has 24 heavy (non-hydrogen) atoms. The van der Waals surface area contributed by atoms with Crippen LogP contribution in [0.4, 0.5) is 0 Å². The number of aromatic amines is 1. The van der Waals surface area contributed by atoms with Gasteiger partial charge in [0.15, 0.2) is 0 Å². The van der Waals surface area contributed by atoms with Gasteiger partial charge in [0.05, 0.1) is 0 Å². The maximum absolute atomic E-state index is 12.4. The number of piperazine rings is 1. The van der Waals surface area contributed by atoms with E-state index in [0.29, 0.717) is 25.3 Å². The molecule has 1 fully saturated rings. The summed E-state index contributed by atoms with van der Waals surface area (Å²) in [5.41, 5.74) is 7.21. The van der Waals surface area contributed by atoms with Gasteiger partial charge in [-0.25, -0.2) is 0 Å². The number of aromatic nitrogens is 2. The van der Waals surface area contributed by atoms with Crippen LogP contribution in [0.25, 0.3) is 0 Å². The molecule has 2 amide bonds. The minimum absolute atomic E-state index is 0.151. The van der Waals surface area contributed by atoms with E-state index in [9.17, 15) is 9.59 Å². The van der Waals surface area contributed by atoms with Crippen LogP contribution in [0, 0.1) is 0 Å². The predicted molar refractivity (Wildman–Crippen MR) is 89.2 cm³/mol. The van der Waals surface area contributed by atoms with Crippen molar-refractivity contribution in [2.24, 2.45) is 5.73 Å². The molecular formula is C17H21N5O2. The SMILES string of the molecule is NC(=O)C1CN(C(=O)c2ccn[nH]2)CCN1CCc1ccccc1. The zero-order valence-corrected chi connectivity index (χ0v) is 13.4. The summed E-state index contributed by atoms with van der Waals surface area (Å²) in [5.74, 6) is -0.549. The summed E-state index contributed by atoms with van der Waals surface area (Å²) in [7, 11) is 0. The predicted octanol–water partition coefficient (Wildman–Crippen LogP) is 0.264. The number of amides is 2. The molecule has 0 saturated carbocycles. The van der Waals surface area contributed by atoms with Crippen LogP contribution in [0.1, 0.15) is 16.1 Å². The van der Waals surface area contributed by atoms with Crippen molar-refractivity contribution < 1.29 is 9.59 Å². The first-order valence-corrected chi connectivity index (χ1v) is 8.01. The summed E-state index contributed by atoms with van der Waals surface area (Å²) < 4.78 is 0. The maximum atomic E-state index is 12.4. The van der Waals surface area contributed by atoms with E-state index < -0.39 is 11.9 Å². The van der Waals surface area contributed by atoms with Gasteiger partial charge in [-0.05, 0) is 18.1 Å². The molecule has 3 rings (SSSR count). The summed E-state index contributed by atoms with van der Waals surface area (Å²) in [5, 5.41) is 6.46. The number of nitrogens with zero attached hydrogens (tertiary/aromatic N) is 3. The quantitative estimate of drug-likeness (QED) is 0.824. The highest BCUT2D eigenvalue weighted by atomic mass is 16.2. The Morgan fingerprint density at radius 2 is 2.00 bits per heavy atom. The fraction of sp³-hybridized carbons (Fsp3) is 0.353. The van der Waals surface area contributed by atoms with Crippen LogP contribution in [-0.4, -0.2) is 64.0 Å². The van der Waals surface area contributed by atoms with Crippen molar-refractivity contribution in [3.05, 3.63) is 53.9 Å². The van der Waals surface area contributed by atoms with Gasteiger partial charge >= 0.3 is 0 Å². The van der Waals surface area contributed by atoms with Gasteiger partial charge in [-0.2, -0.15) is 5.10 Å².